The first-order chi connectivity index (χ1) is 9.52. The smallest absolute Gasteiger partial charge is 0.227 e. The average molecular weight is 402 g/mol. The largest absolute Gasteiger partial charge is 0.437 e. The number of benzene rings is 1. The average Bonchev–Trinajstić information content (AvgIpc) is 2.41. The number of anilines is 1. The molecule has 1 heterocycles. The van der Waals surface area contributed by atoms with Gasteiger partial charge in [-0.25, -0.2) is 15.8 Å². The number of hydrogen-bond acceptors (Lipinski definition) is 5. The molecule has 20 heavy (non-hydrogen) atoms. The highest BCUT2D eigenvalue weighted by atomic mass is 79.9. The summed E-state index contributed by atoms with van der Waals surface area (Å²) < 4.78 is 7.69. The van der Waals surface area contributed by atoms with Crippen LogP contribution in [0, 0.1) is 0 Å². The van der Waals surface area contributed by atoms with Gasteiger partial charge in [0.05, 0.1) is 10.0 Å². The van der Waals surface area contributed by atoms with Crippen molar-refractivity contribution >= 4 is 37.7 Å². The minimum absolute atomic E-state index is 0.173. The zero-order valence-corrected chi connectivity index (χ0v) is 14.2. The lowest BCUT2D eigenvalue weighted by atomic mass is 10.1. The van der Waals surface area contributed by atoms with Gasteiger partial charge in [0.2, 0.25) is 5.88 Å². The first-order valence-electron chi connectivity index (χ1n) is 5.97. The van der Waals surface area contributed by atoms with Crippen LogP contribution in [-0.2, 0) is 0 Å². The molecule has 1 aromatic carbocycles. The summed E-state index contributed by atoms with van der Waals surface area (Å²) in [5, 5.41) is 0. The van der Waals surface area contributed by atoms with E-state index in [1.54, 1.807) is 0 Å². The van der Waals surface area contributed by atoms with Crippen molar-refractivity contribution in [1.82, 2.24) is 9.97 Å². The highest BCUT2D eigenvalue weighted by Crippen LogP contribution is 2.36. The van der Waals surface area contributed by atoms with E-state index in [1.807, 2.05) is 32.0 Å². The van der Waals surface area contributed by atoms with E-state index in [0.29, 0.717) is 17.4 Å². The Morgan fingerprint density at radius 2 is 2.00 bits per heavy atom. The maximum Gasteiger partial charge on any atom is 0.227 e. The van der Waals surface area contributed by atoms with Crippen molar-refractivity contribution in [3.63, 3.8) is 0 Å². The number of nitrogens with two attached hydrogens (primary N) is 1. The van der Waals surface area contributed by atoms with Gasteiger partial charge in [0.25, 0.3) is 0 Å². The molecular weight excluding hydrogens is 388 g/mol. The van der Waals surface area contributed by atoms with Crippen molar-refractivity contribution in [3.8, 4) is 11.6 Å². The van der Waals surface area contributed by atoms with Crippen molar-refractivity contribution in [3.05, 3.63) is 39.0 Å². The van der Waals surface area contributed by atoms with Crippen LogP contribution in [0.3, 0.4) is 0 Å². The van der Waals surface area contributed by atoms with Crippen LogP contribution in [0.2, 0.25) is 0 Å². The Kier molecular flexibility index (Phi) is 4.95. The Balaban J connectivity index is 2.43. The van der Waals surface area contributed by atoms with Crippen molar-refractivity contribution < 1.29 is 4.74 Å². The van der Waals surface area contributed by atoms with Crippen LogP contribution in [0.25, 0.3) is 0 Å². The molecule has 7 heteroatoms. The van der Waals surface area contributed by atoms with Crippen LogP contribution in [0.1, 0.15) is 25.3 Å². The molecule has 0 spiro atoms. The molecule has 0 aliphatic rings. The summed E-state index contributed by atoms with van der Waals surface area (Å²) in [6.07, 6.45) is 1.42. The van der Waals surface area contributed by atoms with E-state index in [9.17, 15) is 0 Å². The first-order valence-corrected chi connectivity index (χ1v) is 7.56. The van der Waals surface area contributed by atoms with E-state index in [-0.39, 0.29) is 5.92 Å². The molecule has 106 valence electrons. The predicted octanol–water partition coefficient (Wildman–Crippen LogP) is 4.20. The monoisotopic (exact) mass is 400 g/mol. The number of aromatic nitrogens is 2. The minimum Gasteiger partial charge on any atom is -0.437 e. The SMILES string of the molecule is CC(C)c1c(NN)ncnc1Oc1ccc(Br)cc1Br. The number of hydrazine groups is 1. The highest BCUT2D eigenvalue weighted by molar-refractivity contribution is 9.11. The van der Waals surface area contributed by atoms with Gasteiger partial charge in [0, 0.05) is 4.47 Å². The standard InChI is InChI=1S/C13H14Br2N4O/c1-7(2)11-12(19-16)17-6-18-13(11)20-10-4-3-8(14)5-9(10)15/h3-7H,16H2,1-2H3,(H,17,18,19). The molecule has 3 N–H and O–H groups in total. The Morgan fingerprint density at radius 1 is 1.25 bits per heavy atom. The topological polar surface area (TPSA) is 73.1 Å². The number of hydrogen-bond donors (Lipinski definition) is 2. The number of ether oxygens (including phenoxy) is 1. The van der Waals surface area contributed by atoms with Crippen LogP contribution in [0.4, 0.5) is 5.82 Å². The quantitative estimate of drug-likeness (QED) is 0.593. The summed E-state index contributed by atoms with van der Waals surface area (Å²) in [6.45, 7) is 4.06. The van der Waals surface area contributed by atoms with Crippen LogP contribution >= 0.6 is 31.9 Å². The summed E-state index contributed by atoms with van der Waals surface area (Å²) in [7, 11) is 0. The van der Waals surface area contributed by atoms with Gasteiger partial charge in [-0.15, -0.1) is 0 Å². The second-order valence-corrected chi connectivity index (χ2v) is 6.19. The van der Waals surface area contributed by atoms with Gasteiger partial charge in [-0.1, -0.05) is 29.8 Å². The molecular formula is C13H14Br2N4O. The second kappa shape index (κ2) is 6.51. The van der Waals surface area contributed by atoms with E-state index in [1.165, 1.54) is 6.33 Å². The van der Waals surface area contributed by atoms with Gasteiger partial charge < -0.3 is 10.2 Å². The van der Waals surface area contributed by atoms with Gasteiger partial charge >= 0.3 is 0 Å². The van der Waals surface area contributed by atoms with E-state index in [0.717, 1.165) is 14.5 Å². The molecule has 0 bridgehead atoms. The molecule has 0 aliphatic heterocycles. The zero-order valence-electron chi connectivity index (χ0n) is 11.0. The molecule has 5 nitrogen and oxygen atoms in total. The molecule has 2 aromatic rings. The maximum absolute atomic E-state index is 5.88. The Morgan fingerprint density at radius 3 is 2.60 bits per heavy atom. The lowest BCUT2D eigenvalue weighted by molar-refractivity contribution is 0.449. The lowest BCUT2D eigenvalue weighted by Crippen LogP contribution is -2.13. The fourth-order valence-electron chi connectivity index (χ4n) is 1.76. The van der Waals surface area contributed by atoms with E-state index in [2.05, 4.69) is 47.3 Å². The van der Waals surface area contributed by atoms with Gasteiger partial charge in [-0.3, -0.25) is 0 Å². The molecule has 0 amide bonds. The fraction of sp³-hybridized carbons (Fsp3) is 0.231. The van der Waals surface area contributed by atoms with Gasteiger partial charge in [-0.05, 0) is 40.0 Å². The Bertz CT molecular complexity index is 619. The number of rotatable bonds is 4. The van der Waals surface area contributed by atoms with Crippen molar-refractivity contribution in [2.24, 2.45) is 5.84 Å². The zero-order chi connectivity index (χ0) is 14.7. The molecule has 1 aromatic heterocycles. The number of nitrogens with zero attached hydrogens (tertiary/aromatic N) is 2. The first kappa shape index (κ1) is 15.2. The second-order valence-electron chi connectivity index (χ2n) is 4.42. The normalized spacial score (nSPS) is 10.7. The van der Waals surface area contributed by atoms with Crippen LogP contribution < -0.4 is 16.0 Å². The molecule has 0 aliphatic carbocycles. The van der Waals surface area contributed by atoms with Gasteiger partial charge in [-0.2, -0.15) is 0 Å². The fourth-order valence-corrected chi connectivity index (χ4v) is 2.89. The predicted molar refractivity (Wildman–Crippen MR) is 85.8 cm³/mol. The van der Waals surface area contributed by atoms with Crippen LogP contribution in [0.15, 0.2) is 33.5 Å². The molecule has 0 fully saturated rings. The molecule has 0 radical (unpaired) electrons. The van der Waals surface area contributed by atoms with E-state index >= 15 is 0 Å². The molecule has 0 atom stereocenters. The van der Waals surface area contributed by atoms with Gasteiger partial charge in [0.15, 0.2) is 5.82 Å². The summed E-state index contributed by atoms with van der Waals surface area (Å²) in [6, 6.07) is 5.67. The summed E-state index contributed by atoms with van der Waals surface area (Å²) in [4.78, 5) is 8.32. The Hall–Kier alpha value is -1.18. The molecule has 0 unspecified atom stereocenters. The van der Waals surface area contributed by atoms with E-state index < -0.39 is 0 Å². The third-order valence-corrected chi connectivity index (χ3v) is 3.77. The van der Waals surface area contributed by atoms with E-state index in [4.69, 9.17) is 10.6 Å². The third-order valence-electron chi connectivity index (χ3n) is 2.66. The number of nitrogens with one attached hydrogen (secondary N) is 1. The summed E-state index contributed by atoms with van der Waals surface area (Å²) >= 11 is 6.87. The number of nitrogen functional groups attached to an aromatic ring is 1. The molecule has 0 saturated heterocycles. The van der Waals surface area contributed by atoms with Crippen molar-refractivity contribution in [1.29, 1.82) is 0 Å². The number of halogens is 2. The van der Waals surface area contributed by atoms with Gasteiger partial charge in [0.1, 0.15) is 12.1 Å². The lowest BCUT2D eigenvalue weighted by Gasteiger charge is -2.16. The highest BCUT2D eigenvalue weighted by Gasteiger charge is 2.17. The van der Waals surface area contributed by atoms with Crippen LogP contribution in [0.5, 0.6) is 11.6 Å². The third kappa shape index (κ3) is 3.28. The van der Waals surface area contributed by atoms with Crippen LogP contribution in [-0.4, -0.2) is 9.97 Å². The maximum atomic E-state index is 5.88. The minimum atomic E-state index is 0.173. The molecule has 2 rings (SSSR count). The van der Waals surface area contributed by atoms with Crippen molar-refractivity contribution in [2.45, 2.75) is 19.8 Å². The molecule has 0 saturated carbocycles. The Labute approximate surface area is 134 Å². The summed E-state index contributed by atoms with van der Waals surface area (Å²) in [5.74, 6) is 7.40. The van der Waals surface area contributed by atoms with Crippen molar-refractivity contribution in [2.75, 3.05) is 5.43 Å². The summed E-state index contributed by atoms with van der Waals surface area (Å²) in [5.41, 5.74) is 3.41.